The van der Waals surface area contributed by atoms with E-state index in [1.807, 2.05) is 0 Å². The molecule has 0 aliphatic heterocycles. The van der Waals surface area contributed by atoms with Gasteiger partial charge in [0.15, 0.2) is 0 Å². The third kappa shape index (κ3) is 6.64. The molecule has 0 unspecified atom stereocenters. The van der Waals surface area contributed by atoms with Crippen molar-refractivity contribution in [1.82, 2.24) is 0 Å². The number of rotatable bonds is 7. The molecule has 1 radical (unpaired) electrons. The molecule has 0 heterocycles. The van der Waals surface area contributed by atoms with E-state index < -0.39 is 0 Å². The fourth-order valence-electron chi connectivity index (χ4n) is 2.20. The van der Waals surface area contributed by atoms with Gasteiger partial charge in [-0.3, -0.25) is 0 Å². The summed E-state index contributed by atoms with van der Waals surface area (Å²) in [5.41, 5.74) is 3.29. The van der Waals surface area contributed by atoms with Crippen LogP contribution in [0.2, 0.25) is 0 Å². The van der Waals surface area contributed by atoms with Gasteiger partial charge in [-0.2, -0.15) is 0 Å². The quantitative estimate of drug-likeness (QED) is 0.565. The molecule has 99 valence electrons. The van der Waals surface area contributed by atoms with Gasteiger partial charge in [0.2, 0.25) is 0 Å². The molecule has 1 aromatic rings. The highest BCUT2D eigenvalue weighted by Gasteiger charge is 2.10. The van der Waals surface area contributed by atoms with Crippen molar-refractivity contribution in [2.24, 2.45) is 5.41 Å². The summed E-state index contributed by atoms with van der Waals surface area (Å²) in [7, 11) is 0. The van der Waals surface area contributed by atoms with Crippen LogP contribution in [0.25, 0.3) is 0 Å². The molecule has 0 saturated heterocycles. The van der Waals surface area contributed by atoms with Crippen LogP contribution in [-0.2, 0) is 12.8 Å². The van der Waals surface area contributed by atoms with Gasteiger partial charge in [0.1, 0.15) is 0 Å². The van der Waals surface area contributed by atoms with Crippen LogP contribution in [0, 0.1) is 12.0 Å². The first-order chi connectivity index (χ1) is 8.51. The third-order valence-corrected chi connectivity index (χ3v) is 3.09. The molecular weight excluding hydrogens is 216 g/mol. The second kappa shape index (κ2) is 7.41. The Bertz CT molecular complexity index is 337. The Kier molecular flexibility index (Phi) is 6.18. The van der Waals surface area contributed by atoms with Crippen molar-refractivity contribution in [1.29, 1.82) is 0 Å². The van der Waals surface area contributed by atoms with Crippen LogP contribution in [0.1, 0.15) is 57.6 Å². The minimum Gasteiger partial charge on any atom is -0.0845 e. The Morgan fingerprint density at radius 3 is 2.11 bits per heavy atom. The van der Waals surface area contributed by atoms with Crippen molar-refractivity contribution >= 4 is 0 Å². The number of hydrogen-bond donors (Lipinski definition) is 0. The summed E-state index contributed by atoms with van der Waals surface area (Å²) in [6.45, 7) is 12.2. The molecule has 0 aromatic heterocycles. The van der Waals surface area contributed by atoms with Gasteiger partial charge in [-0.15, -0.1) is 0 Å². The van der Waals surface area contributed by atoms with Crippen molar-refractivity contribution in [3.05, 3.63) is 48.0 Å². The van der Waals surface area contributed by atoms with Crippen LogP contribution in [0.3, 0.4) is 0 Å². The largest absolute Gasteiger partial charge is 0.0845 e. The first kappa shape index (κ1) is 15.0. The van der Waals surface area contributed by atoms with Gasteiger partial charge in [-0.1, -0.05) is 64.1 Å². The standard InChI is InChI=1S/C18H27/c1-5-6-7-8-9-10-16-11-13-17(14-12-16)15-18(2,3)4/h1,5,11-14H,6-10,15H2,2-4H3. The molecule has 0 aliphatic carbocycles. The Morgan fingerprint density at radius 2 is 1.56 bits per heavy atom. The number of benzene rings is 1. The lowest BCUT2D eigenvalue weighted by molar-refractivity contribution is 0.411. The number of aryl methyl sites for hydroxylation is 1. The molecular formula is C18H27. The van der Waals surface area contributed by atoms with E-state index in [2.05, 4.69) is 45.0 Å². The minimum atomic E-state index is 0.375. The third-order valence-electron chi connectivity index (χ3n) is 3.09. The van der Waals surface area contributed by atoms with E-state index in [9.17, 15) is 0 Å². The summed E-state index contributed by atoms with van der Waals surface area (Å²) in [6, 6.07) is 9.15. The van der Waals surface area contributed by atoms with E-state index in [4.69, 9.17) is 6.58 Å². The Balaban J connectivity index is 2.34. The highest BCUT2D eigenvalue weighted by Crippen LogP contribution is 2.21. The van der Waals surface area contributed by atoms with Gasteiger partial charge in [-0.05, 0) is 48.6 Å². The van der Waals surface area contributed by atoms with E-state index >= 15 is 0 Å². The van der Waals surface area contributed by atoms with E-state index in [-0.39, 0.29) is 0 Å². The maximum Gasteiger partial charge on any atom is -0.0230 e. The molecule has 1 aromatic carbocycles. The maximum atomic E-state index is 5.36. The van der Waals surface area contributed by atoms with Crippen molar-refractivity contribution < 1.29 is 0 Å². The lowest BCUT2D eigenvalue weighted by Crippen LogP contribution is -2.08. The Labute approximate surface area is 113 Å². The molecule has 0 bridgehead atoms. The van der Waals surface area contributed by atoms with Gasteiger partial charge >= 0.3 is 0 Å². The van der Waals surface area contributed by atoms with E-state index in [1.165, 1.54) is 36.8 Å². The smallest absolute Gasteiger partial charge is 0.0230 e. The highest BCUT2D eigenvalue weighted by atomic mass is 14.2. The lowest BCUT2D eigenvalue weighted by atomic mass is 9.88. The van der Waals surface area contributed by atoms with Crippen molar-refractivity contribution in [2.75, 3.05) is 0 Å². The first-order valence-corrected chi connectivity index (χ1v) is 7.12. The van der Waals surface area contributed by atoms with E-state index in [0.29, 0.717) is 5.41 Å². The molecule has 0 atom stereocenters. The van der Waals surface area contributed by atoms with Crippen molar-refractivity contribution in [3.8, 4) is 0 Å². The second-order valence-corrected chi connectivity index (χ2v) is 6.39. The Morgan fingerprint density at radius 1 is 0.944 bits per heavy atom. The molecule has 0 amide bonds. The Hall–Kier alpha value is -1.04. The van der Waals surface area contributed by atoms with Crippen molar-refractivity contribution in [2.45, 2.75) is 59.3 Å². The number of unbranched alkanes of at least 4 members (excludes halogenated alkanes) is 3. The average molecular weight is 243 g/mol. The van der Waals surface area contributed by atoms with Crippen LogP contribution in [0.5, 0.6) is 0 Å². The summed E-state index contributed by atoms with van der Waals surface area (Å²) in [6.07, 6.45) is 8.92. The molecule has 0 spiro atoms. The van der Waals surface area contributed by atoms with Crippen LogP contribution in [-0.4, -0.2) is 0 Å². The van der Waals surface area contributed by atoms with Crippen LogP contribution in [0.4, 0.5) is 0 Å². The monoisotopic (exact) mass is 243 g/mol. The number of allylic oxidation sites excluding steroid dienone is 1. The molecule has 0 N–H and O–H groups in total. The van der Waals surface area contributed by atoms with E-state index in [0.717, 1.165) is 12.8 Å². The molecule has 1 rings (SSSR count). The SMILES string of the molecule is [CH]=CCCCCCc1ccc(CC(C)(C)C)cc1. The van der Waals surface area contributed by atoms with Crippen molar-refractivity contribution in [3.63, 3.8) is 0 Å². The summed E-state index contributed by atoms with van der Waals surface area (Å²) in [5.74, 6) is 0. The molecule has 0 aliphatic rings. The number of hydrogen-bond acceptors (Lipinski definition) is 0. The maximum absolute atomic E-state index is 5.36. The summed E-state index contributed by atoms with van der Waals surface area (Å²) in [5, 5.41) is 0. The minimum absolute atomic E-state index is 0.375. The normalized spacial score (nSPS) is 11.5. The predicted molar refractivity (Wildman–Crippen MR) is 80.6 cm³/mol. The molecule has 0 heteroatoms. The topological polar surface area (TPSA) is 0 Å². The van der Waals surface area contributed by atoms with E-state index in [1.54, 1.807) is 6.08 Å². The second-order valence-electron chi connectivity index (χ2n) is 6.39. The van der Waals surface area contributed by atoms with Crippen LogP contribution >= 0.6 is 0 Å². The zero-order valence-corrected chi connectivity index (χ0v) is 12.2. The molecule has 18 heavy (non-hydrogen) atoms. The molecule has 0 fully saturated rings. The fraction of sp³-hybridized carbons (Fsp3) is 0.556. The summed E-state index contributed by atoms with van der Waals surface area (Å²) >= 11 is 0. The zero-order chi connectivity index (χ0) is 13.4. The predicted octanol–water partition coefficient (Wildman–Crippen LogP) is 5.37. The van der Waals surface area contributed by atoms with Crippen LogP contribution < -0.4 is 0 Å². The van der Waals surface area contributed by atoms with Crippen LogP contribution in [0.15, 0.2) is 30.3 Å². The molecule has 0 saturated carbocycles. The summed E-state index contributed by atoms with van der Waals surface area (Å²) in [4.78, 5) is 0. The average Bonchev–Trinajstić information content (AvgIpc) is 2.29. The lowest BCUT2D eigenvalue weighted by Gasteiger charge is -2.18. The zero-order valence-electron chi connectivity index (χ0n) is 12.2. The fourth-order valence-corrected chi connectivity index (χ4v) is 2.20. The highest BCUT2D eigenvalue weighted by molar-refractivity contribution is 5.23. The molecule has 0 nitrogen and oxygen atoms in total. The summed E-state index contributed by atoms with van der Waals surface area (Å²) < 4.78 is 0. The van der Waals surface area contributed by atoms with Gasteiger partial charge in [0, 0.05) is 0 Å². The van der Waals surface area contributed by atoms with Gasteiger partial charge in [0.25, 0.3) is 0 Å². The van der Waals surface area contributed by atoms with Gasteiger partial charge in [0.05, 0.1) is 0 Å². The van der Waals surface area contributed by atoms with Gasteiger partial charge < -0.3 is 0 Å². The van der Waals surface area contributed by atoms with Gasteiger partial charge in [-0.25, -0.2) is 0 Å². The first-order valence-electron chi connectivity index (χ1n) is 7.12.